The Balaban J connectivity index is 1.46. The molecule has 0 radical (unpaired) electrons. The highest BCUT2D eigenvalue weighted by molar-refractivity contribution is 4.85. The Morgan fingerprint density at radius 2 is 1.86 bits per heavy atom. The summed E-state index contributed by atoms with van der Waals surface area (Å²) in [6.07, 6.45) is 7.06. The minimum atomic E-state index is 0.646. The van der Waals surface area contributed by atoms with Crippen LogP contribution in [-0.2, 0) is 17.8 Å². The molecule has 0 spiro atoms. The van der Waals surface area contributed by atoms with E-state index in [1.165, 1.54) is 45.2 Å². The summed E-state index contributed by atoms with van der Waals surface area (Å²) in [7, 11) is 1.70. The van der Waals surface area contributed by atoms with E-state index < -0.39 is 0 Å². The third-order valence-electron chi connectivity index (χ3n) is 4.98. The van der Waals surface area contributed by atoms with Crippen molar-refractivity contribution in [2.24, 2.45) is 0 Å². The lowest BCUT2D eigenvalue weighted by atomic mass is 9.94. The Morgan fingerprint density at radius 3 is 2.59 bits per heavy atom. The fourth-order valence-corrected chi connectivity index (χ4v) is 3.62. The largest absolute Gasteiger partial charge is 0.383 e. The van der Waals surface area contributed by atoms with Crippen LogP contribution >= 0.6 is 0 Å². The number of aromatic nitrogens is 4. The topological polar surface area (TPSA) is 59.3 Å². The Morgan fingerprint density at radius 1 is 1.09 bits per heavy atom. The quantitative estimate of drug-likeness (QED) is 0.774. The normalized spacial score (nSPS) is 22.2. The summed E-state index contributed by atoms with van der Waals surface area (Å²) >= 11 is 0. The minimum Gasteiger partial charge on any atom is -0.383 e. The summed E-state index contributed by atoms with van der Waals surface area (Å²) in [6, 6.07) is 0.836. The summed E-state index contributed by atoms with van der Waals surface area (Å²) in [4.78, 5) is 5.16. The predicted octanol–water partition coefficient (Wildman–Crippen LogP) is 0.770. The molecular weight excluding hydrogens is 280 g/mol. The van der Waals surface area contributed by atoms with Crippen LogP contribution in [0.5, 0.6) is 0 Å². The predicted molar refractivity (Wildman–Crippen MR) is 83.4 cm³/mol. The lowest BCUT2D eigenvalue weighted by Crippen LogP contribution is -2.50. The van der Waals surface area contributed by atoms with Gasteiger partial charge >= 0.3 is 0 Å². The molecule has 0 unspecified atom stereocenters. The first-order chi connectivity index (χ1) is 10.9. The molecule has 2 heterocycles. The number of ether oxygens (including phenoxy) is 1. The van der Waals surface area contributed by atoms with Crippen LogP contribution in [0.4, 0.5) is 0 Å². The smallest absolute Gasteiger partial charge is 0.165 e. The van der Waals surface area contributed by atoms with Gasteiger partial charge in [-0.25, -0.2) is 4.68 Å². The number of nitrogens with zero attached hydrogens (tertiary/aromatic N) is 6. The van der Waals surface area contributed by atoms with E-state index in [-0.39, 0.29) is 0 Å². The molecule has 0 bridgehead atoms. The second-order valence-corrected chi connectivity index (χ2v) is 6.42. The molecule has 0 atom stereocenters. The van der Waals surface area contributed by atoms with Crippen LogP contribution in [0.2, 0.25) is 0 Å². The number of hydrogen-bond donors (Lipinski definition) is 0. The summed E-state index contributed by atoms with van der Waals surface area (Å²) in [5.74, 6) is 0.947. The van der Waals surface area contributed by atoms with Gasteiger partial charge in [0.1, 0.15) is 0 Å². The number of piperazine rings is 1. The van der Waals surface area contributed by atoms with E-state index in [4.69, 9.17) is 4.74 Å². The molecule has 124 valence electrons. The maximum absolute atomic E-state index is 5.10. The SMILES string of the molecule is COCCn1nnnc1CN1CCN(C2CCCCC2)CC1. The molecule has 7 heteroatoms. The van der Waals surface area contributed by atoms with Crippen molar-refractivity contribution in [3.8, 4) is 0 Å². The summed E-state index contributed by atoms with van der Waals surface area (Å²) < 4.78 is 6.96. The highest BCUT2D eigenvalue weighted by Crippen LogP contribution is 2.23. The zero-order valence-electron chi connectivity index (χ0n) is 13.7. The highest BCUT2D eigenvalue weighted by atomic mass is 16.5. The third-order valence-corrected chi connectivity index (χ3v) is 4.98. The van der Waals surface area contributed by atoms with Gasteiger partial charge in [0, 0.05) is 39.3 Å². The maximum atomic E-state index is 5.10. The Bertz CT molecular complexity index is 437. The van der Waals surface area contributed by atoms with Crippen molar-refractivity contribution >= 4 is 0 Å². The fourth-order valence-electron chi connectivity index (χ4n) is 3.62. The third kappa shape index (κ3) is 4.02. The highest BCUT2D eigenvalue weighted by Gasteiger charge is 2.25. The van der Waals surface area contributed by atoms with Crippen LogP contribution < -0.4 is 0 Å². The summed E-state index contributed by atoms with van der Waals surface area (Å²) in [5.41, 5.74) is 0. The van der Waals surface area contributed by atoms with E-state index in [0.29, 0.717) is 6.61 Å². The van der Waals surface area contributed by atoms with Gasteiger partial charge in [0.05, 0.1) is 19.7 Å². The maximum Gasteiger partial charge on any atom is 0.165 e. The number of tetrazole rings is 1. The molecule has 22 heavy (non-hydrogen) atoms. The molecular formula is C15H28N6O. The molecule has 1 aliphatic carbocycles. The van der Waals surface area contributed by atoms with Crippen molar-refractivity contribution in [1.82, 2.24) is 30.0 Å². The van der Waals surface area contributed by atoms with E-state index in [1.54, 1.807) is 7.11 Å². The van der Waals surface area contributed by atoms with E-state index in [0.717, 1.165) is 38.0 Å². The standard InChI is InChI=1S/C15H28N6O/c1-22-12-11-21-15(16-17-18-21)13-19-7-9-20(10-8-19)14-5-3-2-4-6-14/h14H,2-13H2,1H3. The molecule has 0 amide bonds. The monoisotopic (exact) mass is 308 g/mol. The molecule has 0 aromatic carbocycles. The first-order valence-corrected chi connectivity index (χ1v) is 8.57. The first kappa shape index (κ1) is 15.8. The average Bonchev–Trinajstić information content (AvgIpc) is 3.01. The van der Waals surface area contributed by atoms with Crippen LogP contribution in [0, 0.1) is 0 Å². The van der Waals surface area contributed by atoms with Crippen molar-refractivity contribution in [2.75, 3.05) is 39.9 Å². The zero-order chi connectivity index (χ0) is 15.2. The van der Waals surface area contributed by atoms with Crippen molar-refractivity contribution in [2.45, 2.75) is 51.2 Å². The molecule has 1 aliphatic heterocycles. The van der Waals surface area contributed by atoms with Gasteiger partial charge in [0.15, 0.2) is 5.82 Å². The number of hydrogen-bond acceptors (Lipinski definition) is 6. The number of methoxy groups -OCH3 is 1. The van der Waals surface area contributed by atoms with Crippen molar-refractivity contribution in [1.29, 1.82) is 0 Å². The van der Waals surface area contributed by atoms with E-state index in [9.17, 15) is 0 Å². The Hall–Kier alpha value is -1.05. The second-order valence-electron chi connectivity index (χ2n) is 6.42. The van der Waals surface area contributed by atoms with Gasteiger partial charge in [-0.15, -0.1) is 5.10 Å². The van der Waals surface area contributed by atoms with Crippen LogP contribution in [0.3, 0.4) is 0 Å². The molecule has 7 nitrogen and oxygen atoms in total. The molecule has 1 saturated heterocycles. The summed E-state index contributed by atoms with van der Waals surface area (Å²) in [6.45, 7) is 6.82. The van der Waals surface area contributed by atoms with Gasteiger partial charge in [-0.1, -0.05) is 19.3 Å². The molecule has 1 saturated carbocycles. The molecule has 1 aromatic heterocycles. The number of rotatable bonds is 6. The lowest BCUT2D eigenvalue weighted by Gasteiger charge is -2.40. The van der Waals surface area contributed by atoms with E-state index in [1.807, 2.05) is 4.68 Å². The van der Waals surface area contributed by atoms with Gasteiger partial charge in [0.25, 0.3) is 0 Å². The Labute approximate surface area is 132 Å². The molecule has 0 N–H and O–H groups in total. The van der Waals surface area contributed by atoms with Gasteiger partial charge in [-0.05, 0) is 23.3 Å². The first-order valence-electron chi connectivity index (χ1n) is 8.57. The fraction of sp³-hybridized carbons (Fsp3) is 0.933. The van der Waals surface area contributed by atoms with Gasteiger partial charge in [-0.2, -0.15) is 0 Å². The van der Waals surface area contributed by atoms with Crippen LogP contribution in [0.15, 0.2) is 0 Å². The van der Waals surface area contributed by atoms with E-state index >= 15 is 0 Å². The minimum absolute atomic E-state index is 0.646. The van der Waals surface area contributed by atoms with E-state index in [2.05, 4.69) is 25.3 Å². The second kappa shape index (κ2) is 7.99. The van der Waals surface area contributed by atoms with Gasteiger partial charge < -0.3 is 4.74 Å². The van der Waals surface area contributed by atoms with Gasteiger partial charge in [0.2, 0.25) is 0 Å². The van der Waals surface area contributed by atoms with Crippen LogP contribution in [0.1, 0.15) is 37.9 Å². The lowest BCUT2D eigenvalue weighted by molar-refractivity contribution is 0.0731. The summed E-state index contributed by atoms with van der Waals surface area (Å²) in [5, 5.41) is 12.0. The molecule has 2 aliphatic rings. The molecule has 1 aromatic rings. The average molecular weight is 308 g/mol. The van der Waals surface area contributed by atoms with Crippen LogP contribution in [0.25, 0.3) is 0 Å². The van der Waals surface area contributed by atoms with Crippen molar-refractivity contribution in [3.63, 3.8) is 0 Å². The van der Waals surface area contributed by atoms with Crippen molar-refractivity contribution < 1.29 is 4.74 Å². The van der Waals surface area contributed by atoms with Gasteiger partial charge in [-0.3, -0.25) is 9.80 Å². The molecule has 3 rings (SSSR count). The Kier molecular flexibility index (Phi) is 5.75. The van der Waals surface area contributed by atoms with Crippen molar-refractivity contribution in [3.05, 3.63) is 5.82 Å². The molecule has 2 fully saturated rings. The zero-order valence-corrected chi connectivity index (χ0v) is 13.7. The van der Waals surface area contributed by atoms with Crippen LogP contribution in [-0.4, -0.2) is 75.9 Å².